The lowest BCUT2D eigenvalue weighted by Crippen LogP contribution is -2.33. The van der Waals surface area contributed by atoms with E-state index in [9.17, 15) is 33.1 Å². The summed E-state index contributed by atoms with van der Waals surface area (Å²) in [6, 6.07) is 0. The number of rotatable bonds is 22. The van der Waals surface area contributed by atoms with Crippen molar-refractivity contribution < 1.29 is 60.6 Å². The molecule has 44 heavy (non-hydrogen) atoms. The second-order valence-electron chi connectivity index (χ2n) is 9.74. The van der Waals surface area contributed by atoms with E-state index in [1.165, 1.54) is 13.1 Å². The summed E-state index contributed by atoms with van der Waals surface area (Å²) in [5.74, 6) is 0. The number of hydrogen-bond acceptors (Lipinski definition) is 12. The van der Waals surface area contributed by atoms with E-state index in [1.807, 2.05) is 0 Å². The highest BCUT2D eigenvalue weighted by Gasteiger charge is 2.43. The monoisotopic (exact) mass is 693 g/mol. The van der Waals surface area contributed by atoms with Gasteiger partial charge in [-0.05, 0) is 25.3 Å². The molecule has 2 rings (SSSR count). The van der Waals surface area contributed by atoms with E-state index in [2.05, 4.69) is 28.2 Å². The Morgan fingerprint density at radius 2 is 1.66 bits per heavy atom. The van der Waals surface area contributed by atoms with Crippen LogP contribution in [0, 0.1) is 6.92 Å². The molecule has 20 nitrogen and oxygen atoms in total. The number of H-pyrrole nitrogens is 1. The summed E-state index contributed by atoms with van der Waals surface area (Å²) in [4.78, 5) is 65.4. The highest BCUT2D eigenvalue weighted by atomic mass is 31.3. The van der Waals surface area contributed by atoms with Crippen LogP contribution in [0.5, 0.6) is 0 Å². The van der Waals surface area contributed by atoms with Gasteiger partial charge >= 0.3 is 29.2 Å². The lowest BCUT2D eigenvalue weighted by molar-refractivity contribution is -0.118. The molecule has 0 radical (unpaired) electrons. The van der Waals surface area contributed by atoms with Crippen molar-refractivity contribution in [2.24, 2.45) is 5.11 Å². The molecular weight excluding hydrogens is 655 g/mol. The Labute approximate surface area is 251 Å². The molecule has 1 fully saturated rings. The molecule has 0 amide bonds. The molecule has 2 unspecified atom stereocenters. The Bertz CT molecular complexity index is 1360. The first-order valence-electron chi connectivity index (χ1n) is 13.6. The molecule has 2 heterocycles. The van der Waals surface area contributed by atoms with Gasteiger partial charge in [-0.3, -0.25) is 18.9 Å². The number of aromatic amines is 1. The van der Waals surface area contributed by atoms with Gasteiger partial charge in [0.25, 0.3) is 5.56 Å². The summed E-state index contributed by atoms with van der Waals surface area (Å²) in [5, 5.41) is 3.50. The van der Waals surface area contributed by atoms with Crippen LogP contribution < -0.4 is 11.2 Å². The Kier molecular flexibility index (Phi) is 16.1. The van der Waals surface area contributed by atoms with Crippen LogP contribution in [0.4, 0.5) is 0 Å². The van der Waals surface area contributed by atoms with E-state index >= 15 is 0 Å². The van der Waals surface area contributed by atoms with Gasteiger partial charge in [-0.1, -0.05) is 43.6 Å². The normalized spacial score (nSPS) is 21.4. The van der Waals surface area contributed by atoms with Crippen LogP contribution in [-0.4, -0.2) is 67.9 Å². The first-order valence-corrected chi connectivity index (χ1v) is 18.1. The summed E-state index contributed by atoms with van der Waals surface area (Å²) in [7, 11) is -16.7. The lowest BCUT2D eigenvalue weighted by atomic mass is 10.1. The van der Waals surface area contributed by atoms with Gasteiger partial charge in [-0.25, -0.2) is 18.5 Å². The van der Waals surface area contributed by atoms with Crippen LogP contribution in [0.1, 0.15) is 69.6 Å². The maximum absolute atomic E-state index is 12.4. The number of aromatic nitrogens is 2. The quantitative estimate of drug-likeness (QED) is 0.0291. The van der Waals surface area contributed by atoms with Crippen molar-refractivity contribution in [1.82, 2.24) is 9.55 Å². The third-order valence-corrected chi connectivity index (χ3v) is 9.98. The fourth-order valence-electron chi connectivity index (χ4n) is 4.15. The summed E-state index contributed by atoms with van der Waals surface area (Å²) in [5.41, 5.74) is 7.06. The third kappa shape index (κ3) is 15.0. The second kappa shape index (κ2) is 18.4. The zero-order valence-corrected chi connectivity index (χ0v) is 26.6. The number of ether oxygens (including phenoxy) is 3. The number of unbranched alkanes of at least 4 members (excludes halogenated alkanes) is 7. The molecular formula is C21H38N5O15P3. The van der Waals surface area contributed by atoms with Crippen molar-refractivity contribution in [1.29, 1.82) is 0 Å². The average Bonchev–Trinajstić information content (AvgIpc) is 3.30. The molecule has 5 N–H and O–H groups in total. The van der Waals surface area contributed by atoms with Crippen LogP contribution in [-0.2, 0) is 41.1 Å². The highest BCUT2D eigenvalue weighted by Crippen LogP contribution is 2.66. The molecule has 5 atom stereocenters. The summed E-state index contributed by atoms with van der Waals surface area (Å²) >= 11 is 0. The minimum atomic E-state index is -5.72. The van der Waals surface area contributed by atoms with E-state index in [0.717, 1.165) is 55.9 Å². The number of aryl methyl sites for hydroxylation is 1. The van der Waals surface area contributed by atoms with Crippen molar-refractivity contribution >= 4 is 23.5 Å². The third-order valence-electron chi connectivity index (χ3n) is 6.18. The highest BCUT2D eigenvalue weighted by molar-refractivity contribution is 7.66. The number of nitrogens with one attached hydrogen (secondary N) is 1. The van der Waals surface area contributed by atoms with Gasteiger partial charge < -0.3 is 33.8 Å². The van der Waals surface area contributed by atoms with Crippen LogP contribution in [0.15, 0.2) is 20.9 Å². The Balaban J connectivity index is 1.87. The molecule has 0 aromatic carbocycles. The van der Waals surface area contributed by atoms with Gasteiger partial charge in [-0.2, -0.15) is 8.62 Å². The molecule has 23 heteroatoms. The summed E-state index contributed by atoms with van der Waals surface area (Å²) < 4.78 is 64.8. The largest absolute Gasteiger partial charge is 0.490 e. The van der Waals surface area contributed by atoms with E-state index in [0.29, 0.717) is 13.2 Å². The van der Waals surface area contributed by atoms with E-state index in [4.69, 9.17) is 29.5 Å². The number of hydrogen-bond donors (Lipinski definition) is 5. The molecule has 0 saturated carbocycles. The lowest BCUT2D eigenvalue weighted by Gasteiger charge is -2.21. The average molecular weight is 693 g/mol. The summed E-state index contributed by atoms with van der Waals surface area (Å²) in [6.45, 7) is 1.36. The first-order chi connectivity index (χ1) is 20.6. The zero-order chi connectivity index (χ0) is 32.8. The molecule has 0 aliphatic carbocycles. The molecule has 252 valence electrons. The van der Waals surface area contributed by atoms with Crippen LogP contribution >= 0.6 is 23.5 Å². The maximum Gasteiger partial charge on any atom is 0.490 e. The molecule has 1 aliphatic rings. The Morgan fingerprint density at radius 1 is 1.02 bits per heavy atom. The summed E-state index contributed by atoms with van der Waals surface area (Å²) in [6.07, 6.45) is 6.03. The van der Waals surface area contributed by atoms with Gasteiger partial charge in [0.15, 0.2) is 0 Å². The van der Waals surface area contributed by atoms with Crippen molar-refractivity contribution in [2.75, 3.05) is 26.6 Å². The van der Waals surface area contributed by atoms with Crippen molar-refractivity contribution in [3.05, 3.63) is 43.0 Å². The first kappa shape index (κ1) is 38.5. The minimum absolute atomic E-state index is 0.00202. The zero-order valence-electron chi connectivity index (χ0n) is 23.9. The second-order valence-corrected chi connectivity index (χ2v) is 14.2. The van der Waals surface area contributed by atoms with Crippen LogP contribution in [0.3, 0.4) is 0 Å². The van der Waals surface area contributed by atoms with E-state index < -0.39 is 59.8 Å². The molecule has 0 bridgehead atoms. The number of nitrogens with zero attached hydrogens (tertiary/aromatic N) is 4. The smallest absolute Gasteiger partial charge is 0.355 e. The van der Waals surface area contributed by atoms with Crippen molar-refractivity contribution in [3.63, 3.8) is 0 Å². The van der Waals surface area contributed by atoms with Crippen LogP contribution in [0.25, 0.3) is 10.4 Å². The molecule has 1 saturated heterocycles. The van der Waals surface area contributed by atoms with Crippen molar-refractivity contribution in [2.45, 2.75) is 83.1 Å². The standard InChI is InChI=1S/C21H38N5O15P3/c1-16-13-26(21(28)24-20(16)27)19-12-17(37-15-36-11-9-7-5-3-2-4-6-8-10-23-25-22)18(39-19)14-38-43(32,33)41-44(34,35)40-42(29,30)31/h13,17-19H,2-12,14-15H2,1H3,(H,32,33)(H,34,35)(H,24,27,28)(H2,29,30,31)/t17-,18+,19+/m0/s1. The van der Waals surface area contributed by atoms with Crippen molar-refractivity contribution in [3.8, 4) is 0 Å². The molecule has 1 aromatic rings. The minimum Gasteiger partial charge on any atom is -0.355 e. The molecule has 1 aromatic heterocycles. The predicted octanol–water partition coefficient (Wildman–Crippen LogP) is 3.27. The van der Waals surface area contributed by atoms with Gasteiger partial charge in [0.05, 0.1) is 12.7 Å². The molecule has 0 spiro atoms. The van der Waals surface area contributed by atoms with Crippen LogP contribution in [0.2, 0.25) is 0 Å². The van der Waals surface area contributed by atoms with E-state index in [-0.39, 0.29) is 18.8 Å². The fraction of sp³-hybridized carbons (Fsp3) is 0.810. The van der Waals surface area contributed by atoms with E-state index in [1.54, 1.807) is 0 Å². The molecule has 1 aliphatic heterocycles. The van der Waals surface area contributed by atoms with Gasteiger partial charge in [0.2, 0.25) is 0 Å². The fourth-order valence-corrected chi connectivity index (χ4v) is 7.18. The topological polar surface area (TPSA) is 291 Å². The van der Waals surface area contributed by atoms with Gasteiger partial charge in [0.1, 0.15) is 19.1 Å². The predicted molar refractivity (Wildman–Crippen MR) is 151 cm³/mol. The Morgan fingerprint density at radius 3 is 2.30 bits per heavy atom. The number of azide groups is 1. The Hall–Kier alpha value is -1.72. The number of phosphoric acid groups is 3. The SMILES string of the molecule is Cc1cn([C@H]2C[C@H](OCOCCCCCCCCCCN=[N+]=[N-])[C@@H](COP(=O)(O)OP(=O)(O)OP(=O)(O)O)O2)c(=O)[nH]c1=O. The van der Waals surface area contributed by atoms with Gasteiger partial charge in [-0.15, -0.1) is 0 Å². The maximum atomic E-state index is 12.4. The number of phosphoric ester groups is 1. The van der Waals surface area contributed by atoms with Gasteiger partial charge in [0, 0.05) is 36.2 Å².